The average Bonchev–Trinajstić information content (AvgIpc) is 3.27. The van der Waals surface area contributed by atoms with E-state index in [0.29, 0.717) is 42.7 Å². The van der Waals surface area contributed by atoms with E-state index in [1.807, 2.05) is 39.8 Å². The molecule has 2 atom stereocenters. The van der Waals surface area contributed by atoms with Crippen LogP contribution in [0.2, 0.25) is 0 Å². The lowest BCUT2D eigenvalue weighted by Crippen LogP contribution is -2.44. The summed E-state index contributed by atoms with van der Waals surface area (Å²) in [5.41, 5.74) is 4.52. The standard InChI is InChI=1S/C32H35FN2O5/c1-7-32(40-31(4,5)6)17(3)39-15-22-23(32)12-26-20-10-18-11-24(33)16(2)19-8-9-25(34-27(37)14-36)29(28(18)19)21(20)13-35(26)30(22)38/h10-12,25,36H,3,7-9,13-15H2,1-2,4-6H3,(H,34,37)/t25-,32+/m0/s1. The molecule has 8 heteroatoms. The third kappa shape index (κ3) is 3.76. The van der Waals surface area contributed by atoms with Crippen LogP contribution in [0.4, 0.5) is 4.39 Å². The van der Waals surface area contributed by atoms with Crippen LogP contribution in [-0.2, 0) is 39.4 Å². The van der Waals surface area contributed by atoms with Gasteiger partial charge in [0, 0.05) is 11.1 Å². The van der Waals surface area contributed by atoms with Crippen molar-refractivity contribution in [3.8, 4) is 11.3 Å². The number of carbonyl (C=O) groups excluding carboxylic acids is 1. The van der Waals surface area contributed by atoms with Gasteiger partial charge < -0.3 is 24.5 Å². The molecule has 3 aliphatic rings. The number of aliphatic hydroxyl groups is 1. The number of rotatable bonds is 4. The Labute approximate surface area is 232 Å². The zero-order valence-electron chi connectivity index (χ0n) is 23.7. The van der Waals surface area contributed by atoms with E-state index in [0.717, 1.165) is 44.3 Å². The molecule has 0 radical (unpaired) electrons. The summed E-state index contributed by atoms with van der Waals surface area (Å²) in [5, 5.41) is 14.1. The topological polar surface area (TPSA) is 89.8 Å². The van der Waals surface area contributed by atoms with Crippen LogP contribution in [-0.4, -0.2) is 27.8 Å². The van der Waals surface area contributed by atoms with Gasteiger partial charge in [0.2, 0.25) is 5.91 Å². The highest BCUT2D eigenvalue weighted by atomic mass is 19.1. The molecule has 0 unspecified atom stereocenters. The molecule has 40 heavy (non-hydrogen) atoms. The SMILES string of the molecule is C=C1OCc2c(cc3n(c2=O)Cc2c-3cc3cc(F)c(C)c4c3c2[C@@H](NC(=O)CO)CC4)[C@]1(CC)OC(C)(C)C. The molecule has 7 nitrogen and oxygen atoms in total. The number of amides is 1. The van der Waals surface area contributed by atoms with Crippen molar-refractivity contribution < 1.29 is 23.8 Å². The number of hydrogen-bond donors (Lipinski definition) is 2. The highest BCUT2D eigenvalue weighted by molar-refractivity contribution is 5.97. The number of fused-ring (bicyclic) bond motifs is 5. The maximum Gasteiger partial charge on any atom is 0.258 e. The molecule has 0 spiro atoms. The van der Waals surface area contributed by atoms with E-state index in [-0.39, 0.29) is 24.0 Å². The molecule has 0 fully saturated rings. The molecule has 0 saturated carbocycles. The highest BCUT2D eigenvalue weighted by Gasteiger charge is 2.46. The number of nitrogens with zero attached hydrogens (tertiary/aromatic N) is 1. The van der Waals surface area contributed by atoms with Crippen molar-refractivity contribution in [1.82, 2.24) is 9.88 Å². The number of aromatic nitrogens is 1. The molecule has 3 heterocycles. The van der Waals surface area contributed by atoms with E-state index in [2.05, 4.69) is 11.9 Å². The first-order valence-electron chi connectivity index (χ1n) is 13.9. The third-order valence-corrected chi connectivity index (χ3v) is 8.66. The van der Waals surface area contributed by atoms with Gasteiger partial charge in [-0.15, -0.1) is 0 Å². The number of nitrogens with one attached hydrogen (secondary N) is 1. The monoisotopic (exact) mass is 546 g/mol. The van der Waals surface area contributed by atoms with E-state index in [1.54, 1.807) is 17.6 Å². The van der Waals surface area contributed by atoms with Crippen LogP contribution in [0.25, 0.3) is 22.0 Å². The van der Waals surface area contributed by atoms with Crippen molar-refractivity contribution >= 4 is 16.7 Å². The highest BCUT2D eigenvalue weighted by Crippen LogP contribution is 2.49. The summed E-state index contributed by atoms with van der Waals surface area (Å²) < 4.78 is 29.4. The largest absolute Gasteiger partial charge is 0.490 e. The van der Waals surface area contributed by atoms with Crippen LogP contribution in [0.3, 0.4) is 0 Å². The van der Waals surface area contributed by atoms with Gasteiger partial charge in [0.15, 0.2) is 5.60 Å². The van der Waals surface area contributed by atoms with Gasteiger partial charge in [-0.2, -0.15) is 0 Å². The van der Waals surface area contributed by atoms with Gasteiger partial charge >= 0.3 is 0 Å². The predicted octanol–water partition coefficient (Wildman–Crippen LogP) is 5.04. The van der Waals surface area contributed by atoms with Gasteiger partial charge in [0.25, 0.3) is 5.56 Å². The van der Waals surface area contributed by atoms with Gasteiger partial charge in [-0.1, -0.05) is 13.5 Å². The lowest BCUT2D eigenvalue weighted by atomic mass is 9.79. The normalized spacial score (nSPS) is 21.1. The molecule has 0 bridgehead atoms. The minimum absolute atomic E-state index is 0.109. The van der Waals surface area contributed by atoms with Crippen LogP contribution in [0, 0.1) is 12.7 Å². The number of pyridine rings is 1. The van der Waals surface area contributed by atoms with Gasteiger partial charge in [0.05, 0.1) is 29.4 Å². The van der Waals surface area contributed by atoms with Crippen molar-refractivity contribution in [1.29, 1.82) is 0 Å². The van der Waals surface area contributed by atoms with Crippen molar-refractivity contribution in [2.24, 2.45) is 0 Å². The Morgan fingerprint density at radius 3 is 2.70 bits per heavy atom. The molecule has 2 N–H and O–H groups in total. The van der Waals surface area contributed by atoms with Crippen molar-refractivity contribution in [2.45, 2.75) is 84.3 Å². The molecular formula is C32H35FN2O5. The fourth-order valence-electron chi connectivity index (χ4n) is 6.95. The molecule has 210 valence electrons. The molecule has 6 rings (SSSR count). The Morgan fingerprint density at radius 2 is 2.02 bits per heavy atom. The number of halogens is 1. The van der Waals surface area contributed by atoms with Crippen molar-refractivity contribution in [2.75, 3.05) is 6.61 Å². The zero-order chi connectivity index (χ0) is 28.7. The fraction of sp³-hybridized carbons (Fsp3) is 0.438. The molecule has 1 aromatic heterocycles. The number of carbonyl (C=O) groups is 1. The van der Waals surface area contributed by atoms with E-state index in [9.17, 15) is 14.7 Å². The molecule has 2 aliphatic heterocycles. The number of hydrogen-bond acceptors (Lipinski definition) is 5. The summed E-state index contributed by atoms with van der Waals surface area (Å²) in [6, 6.07) is 5.16. The molecule has 1 amide bonds. The average molecular weight is 547 g/mol. The molecule has 0 saturated heterocycles. The summed E-state index contributed by atoms with van der Waals surface area (Å²) >= 11 is 0. The maximum absolute atomic E-state index is 15.1. The van der Waals surface area contributed by atoms with Crippen molar-refractivity contribution in [3.63, 3.8) is 0 Å². The summed E-state index contributed by atoms with van der Waals surface area (Å²) in [5.74, 6) is -0.268. The van der Waals surface area contributed by atoms with E-state index >= 15 is 4.39 Å². The summed E-state index contributed by atoms with van der Waals surface area (Å²) in [6.45, 7) is 13.7. The minimum atomic E-state index is -0.998. The second-order valence-corrected chi connectivity index (χ2v) is 12.1. The fourth-order valence-corrected chi connectivity index (χ4v) is 6.95. The minimum Gasteiger partial charge on any atom is -0.490 e. The number of aliphatic hydroxyl groups excluding tert-OH is 1. The molecule has 3 aromatic rings. The van der Waals surface area contributed by atoms with Gasteiger partial charge in [-0.25, -0.2) is 4.39 Å². The first-order chi connectivity index (χ1) is 18.9. The van der Waals surface area contributed by atoms with Crippen LogP contribution in [0.15, 0.2) is 35.3 Å². The number of aryl methyl sites for hydroxylation is 1. The number of ether oxygens (including phenoxy) is 2. The van der Waals surface area contributed by atoms with Crippen molar-refractivity contribution in [3.05, 3.63) is 80.1 Å². The van der Waals surface area contributed by atoms with Gasteiger partial charge in [0.1, 0.15) is 24.8 Å². The zero-order valence-corrected chi connectivity index (χ0v) is 23.7. The first-order valence-corrected chi connectivity index (χ1v) is 13.9. The molecular weight excluding hydrogens is 511 g/mol. The summed E-state index contributed by atoms with van der Waals surface area (Å²) in [4.78, 5) is 26.4. The maximum atomic E-state index is 15.1. The Morgan fingerprint density at radius 1 is 1.27 bits per heavy atom. The Kier molecular flexibility index (Phi) is 6.02. The van der Waals surface area contributed by atoms with E-state index in [4.69, 9.17) is 9.47 Å². The van der Waals surface area contributed by atoms with E-state index < -0.39 is 23.7 Å². The Bertz CT molecular complexity index is 1680. The lowest BCUT2D eigenvalue weighted by molar-refractivity contribution is -0.149. The third-order valence-electron chi connectivity index (χ3n) is 8.66. The van der Waals surface area contributed by atoms with E-state index in [1.165, 1.54) is 0 Å². The Balaban J connectivity index is 1.65. The quantitative estimate of drug-likeness (QED) is 0.375. The molecule has 2 aromatic carbocycles. The lowest BCUT2D eigenvalue weighted by Gasteiger charge is -2.43. The smallest absolute Gasteiger partial charge is 0.258 e. The van der Waals surface area contributed by atoms with Gasteiger partial charge in [-0.3, -0.25) is 9.59 Å². The Hall–Kier alpha value is -3.49. The summed E-state index contributed by atoms with van der Waals surface area (Å²) in [7, 11) is 0. The predicted molar refractivity (Wildman–Crippen MR) is 150 cm³/mol. The second-order valence-electron chi connectivity index (χ2n) is 12.1. The van der Waals surface area contributed by atoms with Crippen LogP contribution >= 0.6 is 0 Å². The first kappa shape index (κ1) is 26.7. The molecule has 1 aliphatic carbocycles. The summed E-state index contributed by atoms with van der Waals surface area (Å²) in [6.07, 6.45) is 1.70. The van der Waals surface area contributed by atoms with Crippen LogP contribution < -0.4 is 10.9 Å². The second kappa shape index (κ2) is 9.01. The van der Waals surface area contributed by atoms with Gasteiger partial charge in [-0.05, 0) is 98.2 Å². The number of benzene rings is 2. The van der Waals surface area contributed by atoms with Crippen LogP contribution in [0.5, 0.6) is 0 Å². The van der Waals surface area contributed by atoms with Crippen LogP contribution in [0.1, 0.15) is 80.0 Å².